The average Bonchev–Trinajstić information content (AvgIpc) is 3.06. The zero-order valence-electron chi connectivity index (χ0n) is 19.3. The molecule has 4 aliphatic carbocycles. The van der Waals surface area contributed by atoms with E-state index in [-0.39, 0.29) is 28.5 Å². The van der Waals surface area contributed by atoms with Gasteiger partial charge in [0.1, 0.15) is 17.7 Å². The van der Waals surface area contributed by atoms with Crippen LogP contribution in [0, 0.1) is 39.9 Å². The molecular formula is C26H35NO4. The van der Waals surface area contributed by atoms with Crippen molar-refractivity contribution in [1.29, 1.82) is 5.26 Å². The Bertz CT molecular complexity index is 880. The first-order valence-electron chi connectivity index (χ1n) is 11.9. The summed E-state index contributed by atoms with van der Waals surface area (Å²) in [7, 11) is 0. The minimum absolute atomic E-state index is 0.0195. The first-order chi connectivity index (χ1) is 14.7. The second kappa shape index (κ2) is 8.11. The summed E-state index contributed by atoms with van der Waals surface area (Å²) in [5.74, 6) is 1.07. The average molecular weight is 426 g/mol. The van der Waals surface area contributed by atoms with E-state index in [4.69, 9.17) is 9.47 Å². The number of rotatable bonds is 3. The lowest BCUT2D eigenvalue weighted by atomic mass is 9.47. The van der Waals surface area contributed by atoms with Gasteiger partial charge in [-0.05, 0) is 86.0 Å². The molecule has 0 aliphatic heterocycles. The van der Waals surface area contributed by atoms with E-state index in [2.05, 4.69) is 26.0 Å². The molecule has 6 atom stereocenters. The molecule has 0 aromatic carbocycles. The highest BCUT2D eigenvalue weighted by molar-refractivity contribution is 5.94. The minimum atomic E-state index is -0.453. The van der Waals surface area contributed by atoms with Crippen molar-refractivity contribution < 1.29 is 19.1 Å². The molecule has 0 amide bonds. The molecule has 0 N–H and O–H groups in total. The summed E-state index contributed by atoms with van der Waals surface area (Å²) in [6.07, 6.45) is 10.4. The Labute approximate surface area is 185 Å². The smallest absolute Gasteiger partial charge is 0.348 e. The van der Waals surface area contributed by atoms with Crippen LogP contribution in [0.5, 0.6) is 0 Å². The lowest BCUT2D eigenvalue weighted by Gasteiger charge is -2.57. The van der Waals surface area contributed by atoms with E-state index in [9.17, 15) is 14.9 Å². The van der Waals surface area contributed by atoms with Crippen LogP contribution in [0.25, 0.3) is 0 Å². The molecular weight excluding hydrogens is 390 g/mol. The summed E-state index contributed by atoms with van der Waals surface area (Å²) >= 11 is 0. The molecule has 0 heterocycles. The maximum Gasteiger partial charge on any atom is 0.348 e. The molecule has 0 aromatic heterocycles. The van der Waals surface area contributed by atoms with Gasteiger partial charge in [0.05, 0.1) is 6.61 Å². The van der Waals surface area contributed by atoms with Crippen LogP contribution in [0.4, 0.5) is 0 Å². The third-order valence-electron chi connectivity index (χ3n) is 9.07. The zero-order chi connectivity index (χ0) is 22.4. The molecule has 168 valence electrons. The van der Waals surface area contributed by atoms with Gasteiger partial charge in [-0.15, -0.1) is 0 Å². The molecule has 31 heavy (non-hydrogen) atoms. The normalized spacial score (nSPS) is 40.4. The minimum Gasteiger partial charge on any atom is -0.462 e. The molecule has 5 nitrogen and oxygen atoms in total. The fourth-order valence-electron chi connectivity index (χ4n) is 7.63. The van der Waals surface area contributed by atoms with Gasteiger partial charge in [0.2, 0.25) is 0 Å². The first kappa shape index (κ1) is 22.1. The van der Waals surface area contributed by atoms with E-state index < -0.39 is 5.97 Å². The molecule has 0 bridgehead atoms. The molecule has 4 aliphatic rings. The van der Waals surface area contributed by atoms with Crippen LogP contribution in [0.2, 0.25) is 0 Å². The largest absolute Gasteiger partial charge is 0.462 e. The molecule has 5 heteroatoms. The molecule has 0 aromatic rings. The van der Waals surface area contributed by atoms with Crippen molar-refractivity contribution in [2.75, 3.05) is 6.61 Å². The van der Waals surface area contributed by atoms with Gasteiger partial charge in [-0.3, -0.25) is 4.79 Å². The van der Waals surface area contributed by atoms with E-state index in [1.54, 1.807) is 6.92 Å². The van der Waals surface area contributed by atoms with Crippen molar-refractivity contribution in [2.24, 2.45) is 28.6 Å². The lowest BCUT2D eigenvalue weighted by Crippen LogP contribution is -2.50. The summed E-state index contributed by atoms with van der Waals surface area (Å²) in [5.41, 5.74) is 2.86. The highest BCUT2D eigenvalue weighted by Gasteiger charge is 2.58. The van der Waals surface area contributed by atoms with Gasteiger partial charge in [-0.1, -0.05) is 25.5 Å². The Balaban J connectivity index is 1.62. The Morgan fingerprint density at radius 1 is 1.16 bits per heavy atom. The standard InChI is InChI=1S/C26H35NO4/c1-5-30-24(29)20(15-27)22-9-8-21-19-7-6-17-14-18(31-16(2)28)10-12-25(17,3)23(19)11-13-26(21,22)4/h6,18-19,21,23H,5,7-14H2,1-4H3/b22-20+. The Morgan fingerprint density at radius 3 is 2.55 bits per heavy atom. The highest BCUT2D eigenvalue weighted by atomic mass is 16.5. The van der Waals surface area contributed by atoms with Crippen LogP contribution in [0.15, 0.2) is 22.8 Å². The van der Waals surface area contributed by atoms with Crippen LogP contribution >= 0.6 is 0 Å². The van der Waals surface area contributed by atoms with Crippen molar-refractivity contribution in [3.8, 4) is 6.07 Å². The maximum atomic E-state index is 12.5. The van der Waals surface area contributed by atoms with E-state index in [1.807, 2.05) is 0 Å². The van der Waals surface area contributed by atoms with E-state index in [0.717, 1.165) is 56.9 Å². The van der Waals surface area contributed by atoms with Gasteiger partial charge >= 0.3 is 11.9 Å². The van der Waals surface area contributed by atoms with Crippen LogP contribution in [-0.2, 0) is 19.1 Å². The third-order valence-corrected chi connectivity index (χ3v) is 9.07. The van der Waals surface area contributed by atoms with Crippen molar-refractivity contribution >= 4 is 11.9 Å². The fraction of sp³-hybridized carbons (Fsp3) is 0.731. The third kappa shape index (κ3) is 3.52. The SMILES string of the molecule is CCOC(=O)/C(C#N)=C1\CCC2C3CC=C4CC(OC(C)=O)CCC4(C)C3CCC12C. The van der Waals surface area contributed by atoms with Crippen molar-refractivity contribution in [3.63, 3.8) is 0 Å². The summed E-state index contributed by atoms with van der Waals surface area (Å²) in [5, 5.41) is 9.75. The monoisotopic (exact) mass is 425 g/mol. The van der Waals surface area contributed by atoms with Crippen LogP contribution < -0.4 is 0 Å². The van der Waals surface area contributed by atoms with Crippen LogP contribution in [0.1, 0.15) is 79.1 Å². The predicted octanol–water partition coefficient (Wildman–Crippen LogP) is 5.26. The van der Waals surface area contributed by atoms with E-state index in [1.165, 1.54) is 12.5 Å². The summed E-state index contributed by atoms with van der Waals surface area (Å²) in [6.45, 7) is 8.28. The number of nitriles is 1. The summed E-state index contributed by atoms with van der Waals surface area (Å²) in [4.78, 5) is 23.9. The number of fused-ring (bicyclic) bond motifs is 5. The van der Waals surface area contributed by atoms with E-state index in [0.29, 0.717) is 24.4 Å². The summed E-state index contributed by atoms with van der Waals surface area (Å²) in [6, 6.07) is 2.18. The number of carbonyl (C=O) groups is 2. The number of nitrogens with zero attached hydrogens (tertiary/aromatic N) is 1. The second-order valence-electron chi connectivity index (χ2n) is 10.4. The highest BCUT2D eigenvalue weighted by Crippen LogP contribution is 2.66. The predicted molar refractivity (Wildman–Crippen MR) is 117 cm³/mol. The zero-order valence-corrected chi connectivity index (χ0v) is 19.3. The first-order valence-corrected chi connectivity index (χ1v) is 11.9. The number of carbonyl (C=O) groups excluding carboxylic acids is 2. The van der Waals surface area contributed by atoms with Gasteiger partial charge < -0.3 is 9.47 Å². The second-order valence-corrected chi connectivity index (χ2v) is 10.4. The molecule has 0 saturated heterocycles. The molecule has 3 saturated carbocycles. The molecule has 0 radical (unpaired) electrons. The number of esters is 2. The van der Waals surface area contributed by atoms with Gasteiger partial charge in [0, 0.05) is 13.3 Å². The van der Waals surface area contributed by atoms with Crippen molar-refractivity contribution in [3.05, 3.63) is 22.8 Å². The van der Waals surface area contributed by atoms with E-state index >= 15 is 0 Å². The molecule has 4 rings (SSSR count). The maximum absolute atomic E-state index is 12.5. The molecule has 0 spiro atoms. The van der Waals surface area contributed by atoms with Gasteiger partial charge in [0.25, 0.3) is 0 Å². The van der Waals surface area contributed by atoms with Gasteiger partial charge in [0.15, 0.2) is 0 Å². The van der Waals surface area contributed by atoms with Gasteiger partial charge in [-0.2, -0.15) is 5.26 Å². The Morgan fingerprint density at radius 2 is 1.87 bits per heavy atom. The quantitative estimate of drug-likeness (QED) is 0.267. The molecule has 6 unspecified atom stereocenters. The fourth-order valence-corrected chi connectivity index (χ4v) is 7.63. The Kier molecular flexibility index (Phi) is 5.79. The topological polar surface area (TPSA) is 76.4 Å². The molecule has 3 fully saturated rings. The van der Waals surface area contributed by atoms with Crippen LogP contribution in [0.3, 0.4) is 0 Å². The number of hydrogen-bond acceptors (Lipinski definition) is 5. The van der Waals surface area contributed by atoms with Crippen LogP contribution in [-0.4, -0.2) is 24.6 Å². The lowest BCUT2D eigenvalue weighted by molar-refractivity contribution is -0.148. The number of ether oxygens (including phenoxy) is 2. The Hall–Kier alpha value is -2.09. The van der Waals surface area contributed by atoms with Gasteiger partial charge in [-0.25, -0.2) is 4.79 Å². The summed E-state index contributed by atoms with van der Waals surface area (Å²) < 4.78 is 10.7. The van der Waals surface area contributed by atoms with Crippen molar-refractivity contribution in [1.82, 2.24) is 0 Å². The number of allylic oxidation sites excluding steroid dienone is 2. The van der Waals surface area contributed by atoms with Crippen molar-refractivity contribution in [2.45, 2.75) is 85.2 Å². The number of hydrogen-bond donors (Lipinski definition) is 0.